The van der Waals surface area contributed by atoms with Crippen LogP contribution in [0.15, 0.2) is 24.4 Å². The molecular weight excluding hydrogens is 190 g/mol. The average Bonchev–Trinajstić information content (AvgIpc) is 2.17. The number of nitrogens with two attached hydrogens (primary N) is 1. The van der Waals surface area contributed by atoms with Gasteiger partial charge in [-0.3, -0.25) is 4.98 Å². The number of fused-ring (bicyclic) bond motifs is 1. The molecule has 0 aliphatic carbocycles. The Morgan fingerprint density at radius 1 is 1.40 bits per heavy atom. The van der Waals surface area contributed by atoms with Crippen LogP contribution in [0, 0.1) is 0 Å². The predicted octanol–water partition coefficient (Wildman–Crippen LogP) is 1.14. The largest absolute Gasteiger partial charge is 0.393 e. The van der Waals surface area contributed by atoms with Crippen LogP contribution in [-0.2, 0) is 6.42 Å². The number of rotatable bonds is 2. The first-order valence-corrected chi connectivity index (χ1v) is 4.84. The number of nitrogens with zero attached hydrogens (tertiary/aromatic N) is 2. The first-order valence-electron chi connectivity index (χ1n) is 4.84. The molecule has 78 valence electrons. The lowest BCUT2D eigenvalue weighted by Gasteiger charge is -2.05. The van der Waals surface area contributed by atoms with Crippen molar-refractivity contribution in [1.82, 2.24) is 9.97 Å². The third-order valence-electron chi connectivity index (χ3n) is 2.16. The zero-order valence-electron chi connectivity index (χ0n) is 8.51. The van der Waals surface area contributed by atoms with E-state index in [1.165, 1.54) is 6.20 Å². The summed E-state index contributed by atoms with van der Waals surface area (Å²) in [6.07, 6.45) is 1.82. The Morgan fingerprint density at radius 3 is 2.93 bits per heavy atom. The van der Waals surface area contributed by atoms with Gasteiger partial charge in [0.05, 0.1) is 23.3 Å². The minimum atomic E-state index is -0.343. The summed E-state index contributed by atoms with van der Waals surface area (Å²) in [4.78, 5) is 8.33. The summed E-state index contributed by atoms with van der Waals surface area (Å²) >= 11 is 0. The van der Waals surface area contributed by atoms with Crippen molar-refractivity contribution < 1.29 is 5.11 Å². The number of hydrogen-bond acceptors (Lipinski definition) is 4. The first-order chi connectivity index (χ1) is 7.15. The van der Waals surface area contributed by atoms with Gasteiger partial charge in [-0.15, -0.1) is 0 Å². The summed E-state index contributed by atoms with van der Waals surface area (Å²) in [5.74, 6) is 0.422. The smallest absolute Gasteiger partial charge is 0.142 e. The van der Waals surface area contributed by atoms with Crippen molar-refractivity contribution in [3.63, 3.8) is 0 Å². The minimum absolute atomic E-state index is 0.343. The summed E-state index contributed by atoms with van der Waals surface area (Å²) in [7, 11) is 0. The van der Waals surface area contributed by atoms with Crippen molar-refractivity contribution in [2.45, 2.75) is 19.4 Å². The molecule has 2 rings (SSSR count). The van der Waals surface area contributed by atoms with E-state index in [1.807, 2.05) is 18.2 Å². The number of benzene rings is 1. The zero-order valence-corrected chi connectivity index (χ0v) is 8.51. The lowest BCUT2D eigenvalue weighted by Crippen LogP contribution is -2.04. The fraction of sp³-hybridized carbons (Fsp3) is 0.273. The zero-order chi connectivity index (χ0) is 10.8. The van der Waals surface area contributed by atoms with Crippen LogP contribution >= 0.6 is 0 Å². The molecule has 0 spiro atoms. The molecule has 4 nitrogen and oxygen atoms in total. The molecule has 1 aromatic heterocycles. The number of nitrogen functional groups attached to an aromatic ring is 1. The molecule has 0 saturated carbocycles. The van der Waals surface area contributed by atoms with Gasteiger partial charge in [-0.2, -0.15) is 0 Å². The summed E-state index contributed by atoms with van der Waals surface area (Å²) in [6, 6.07) is 5.73. The van der Waals surface area contributed by atoms with Crippen LogP contribution in [0.4, 0.5) is 5.82 Å². The highest BCUT2D eigenvalue weighted by molar-refractivity contribution is 5.75. The number of hydrogen-bond donors (Lipinski definition) is 2. The van der Waals surface area contributed by atoms with Crippen LogP contribution in [0.25, 0.3) is 11.0 Å². The monoisotopic (exact) mass is 203 g/mol. The van der Waals surface area contributed by atoms with Crippen molar-refractivity contribution in [2.75, 3.05) is 5.73 Å². The molecule has 2 aromatic rings. The second-order valence-electron chi connectivity index (χ2n) is 3.67. The molecule has 0 aliphatic heterocycles. The summed E-state index contributed by atoms with van der Waals surface area (Å²) in [6.45, 7) is 1.76. The van der Waals surface area contributed by atoms with Crippen LogP contribution in [0.1, 0.15) is 12.5 Å². The van der Waals surface area contributed by atoms with Gasteiger partial charge in [0, 0.05) is 0 Å². The third kappa shape index (κ3) is 2.22. The van der Waals surface area contributed by atoms with E-state index in [0.717, 1.165) is 16.6 Å². The number of aliphatic hydroxyl groups is 1. The second kappa shape index (κ2) is 3.82. The molecule has 15 heavy (non-hydrogen) atoms. The summed E-state index contributed by atoms with van der Waals surface area (Å²) < 4.78 is 0. The molecule has 1 atom stereocenters. The van der Waals surface area contributed by atoms with Crippen LogP contribution < -0.4 is 5.73 Å². The van der Waals surface area contributed by atoms with Gasteiger partial charge in [0.2, 0.25) is 0 Å². The molecule has 0 amide bonds. The topological polar surface area (TPSA) is 72.0 Å². The van der Waals surface area contributed by atoms with E-state index in [0.29, 0.717) is 12.2 Å². The van der Waals surface area contributed by atoms with Crippen molar-refractivity contribution in [3.05, 3.63) is 30.0 Å². The molecule has 3 N–H and O–H groups in total. The van der Waals surface area contributed by atoms with Crippen molar-refractivity contribution in [2.24, 2.45) is 0 Å². The van der Waals surface area contributed by atoms with E-state index in [2.05, 4.69) is 9.97 Å². The second-order valence-corrected chi connectivity index (χ2v) is 3.67. The van der Waals surface area contributed by atoms with Gasteiger partial charge < -0.3 is 10.8 Å². The number of aliphatic hydroxyl groups excluding tert-OH is 1. The van der Waals surface area contributed by atoms with Gasteiger partial charge in [-0.1, -0.05) is 6.07 Å². The van der Waals surface area contributed by atoms with Gasteiger partial charge in [0.25, 0.3) is 0 Å². The lowest BCUT2D eigenvalue weighted by atomic mass is 10.1. The van der Waals surface area contributed by atoms with E-state index in [9.17, 15) is 5.11 Å². The van der Waals surface area contributed by atoms with E-state index >= 15 is 0 Å². The molecule has 0 aliphatic rings. The molecule has 1 aromatic carbocycles. The van der Waals surface area contributed by atoms with Crippen LogP contribution in [0.3, 0.4) is 0 Å². The van der Waals surface area contributed by atoms with Crippen molar-refractivity contribution >= 4 is 16.9 Å². The minimum Gasteiger partial charge on any atom is -0.393 e. The maximum Gasteiger partial charge on any atom is 0.142 e. The molecule has 1 unspecified atom stereocenters. The SMILES string of the molecule is CC(O)Cc1ccc2nc(N)cnc2c1. The molecule has 0 bridgehead atoms. The Morgan fingerprint density at radius 2 is 2.20 bits per heavy atom. The molecule has 1 heterocycles. The molecular formula is C11H13N3O. The number of anilines is 1. The normalized spacial score (nSPS) is 12.9. The standard InChI is InChI=1S/C11H13N3O/c1-7(15)4-8-2-3-9-10(5-8)13-6-11(12)14-9/h2-3,5-7,15H,4H2,1H3,(H2,12,14). The number of aromatic nitrogens is 2. The Kier molecular flexibility index (Phi) is 2.51. The van der Waals surface area contributed by atoms with E-state index in [4.69, 9.17) is 5.73 Å². The van der Waals surface area contributed by atoms with Crippen LogP contribution in [-0.4, -0.2) is 21.2 Å². The Balaban J connectivity index is 2.43. The quantitative estimate of drug-likeness (QED) is 0.767. The van der Waals surface area contributed by atoms with Crippen molar-refractivity contribution in [1.29, 1.82) is 0 Å². The van der Waals surface area contributed by atoms with Gasteiger partial charge in [-0.25, -0.2) is 4.98 Å². The summed E-state index contributed by atoms with van der Waals surface area (Å²) in [5, 5.41) is 9.27. The third-order valence-corrected chi connectivity index (χ3v) is 2.16. The predicted molar refractivity (Wildman–Crippen MR) is 59.3 cm³/mol. The summed E-state index contributed by atoms with van der Waals surface area (Å²) in [5.41, 5.74) is 8.17. The fourth-order valence-electron chi connectivity index (χ4n) is 1.54. The molecule has 4 heteroatoms. The highest BCUT2D eigenvalue weighted by Gasteiger charge is 2.02. The maximum absolute atomic E-state index is 9.27. The average molecular weight is 203 g/mol. The van der Waals surface area contributed by atoms with Crippen LogP contribution in [0.5, 0.6) is 0 Å². The molecule has 0 fully saturated rings. The van der Waals surface area contributed by atoms with Gasteiger partial charge in [0.1, 0.15) is 5.82 Å². The Bertz CT molecular complexity index is 482. The lowest BCUT2D eigenvalue weighted by molar-refractivity contribution is 0.195. The van der Waals surface area contributed by atoms with Gasteiger partial charge in [-0.05, 0) is 31.0 Å². The molecule has 0 saturated heterocycles. The highest BCUT2D eigenvalue weighted by Crippen LogP contribution is 2.14. The Labute approximate surface area is 87.8 Å². The fourth-order valence-corrected chi connectivity index (χ4v) is 1.54. The molecule has 0 radical (unpaired) electrons. The first kappa shape index (κ1) is 9.86. The Hall–Kier alpha value is -1.68. The van der Waals surface area contributed by atoms with E-state index < -0.39 is 0 Å². The highest BCUT2D eigenvalue weighted by atomic mass is 16.3. The van der Waals surface area contributed by atoms with E-state index in [1.54, 1.807) is 6.92 Å². The van der Waals surface area contributed by atoms with Gasteiger partial charge >= 0.3 is 0 Å². The van der Waals surface area contributed by atoms with E-state index in [-0.39, 0.29) is 6.10 Å². The van der Waals surface area contributed by atoms with Gasteiger partial charge in [0.15, 0.2) is 0 Å². The maximum atomic E-state index is 9.27. The van der Waals surface area contributed by atoms with Crippen molar-refractivity contribution in [3.8, 4) is 0 Å². The van der Waals surface area contributed by atoms with Crippen LogP contribution in [0.2, 0.25) is 0 Å².